The molecule has 0 fully saturated rings. The summed E-state index contributed by atoms with van der Waals surface area (Å²) in [6, 6.07) is 9.09. The minimum atomic E-state index is -0.999. The van der Waals surface area contributed by atoms with Crippen molar-refractivity contribution in [2.45, 2.75) is 32.4 Å². The number of anilines is 2. The number of primary amides is 1. The molecule has 32 heavy (non-hydrogen) atoms. The third-order valence-electron chi connectivity index (χ3n) is 4.30. The lowest BCUT2D eigenvalue weighted by atomic mass is 10.1. The minimum Gasteiger partial charge on any atom is -0.395 e. The van der Waals surface area contributed by atoms with Gasteiger partial charge in [0, 0.05) is 21.1 Å². The molecule has 2 aromatic heterocycles. The zero-order valence-electron chi connectivity index (χ0n) is 17.6. The summed E-state index contributed by atoms with van der Waals surface area (Å²) >= 11 is 8.14. The highest BCUT2D eigenvalue weighted by molar-refractivity contribution is 7.10. The molecule has 1 atom stereocenters. The number of amides is 3. The van der Waals surface area contributed by atoms with Crippen LogP contribution in [0.25, 0.3) is 0 Å². The zero-order chi connectivity index (χ0) is 23.6. The van der Waals surface area contributed by atoms with Crippen LogP contribution in [0.15, 0.2) is 41.8 Å². The molecule has 11 heteroatoms. The van der Waals surface area contributed by atoms with Crippen LogP contribution in [0.1, 0.15) is 51.9 Å². The van der Waals surface area contributed by atoms with Gasteiger partial charge in [-0.3, -0.25) is 19.3 Å². The van der Waals surface area contributed by atoms with E-state index in [1.807, 2.05) is 26.2 Å². The Labute approximate surface area is 198 Å². The number of rotatable bonds is 6. The van der Waals surface area contributed by atoms with E-state index in [2.05, 4.69) is 9.69 Å². The summed E-state index contributed by atoms with van der Waals surface area (Å²) in [6.07, 6.45) is 0. The van der Waals surface area contributed by atoms with Crippen LogP contribution < -0.4 is 21.7 Å². The second-order valence-electron chi connectivity index (χ2n) is 7.95. The smallest absolute Gasteiger partial charge is 0.273 e. The van der Waals surface area contributed by atoms with Gasteiger partial charge in [-0.15, -0.1) is 11.3 Å². The normalized spacial score (nSPS) is 12.2. The number of benzene rings is 1. The first-order valence-electron chi connectivity index (χ1n) is 9.49. The van der Waals surface area contributed by atoms with Crippen molar-refractivity contribution in [1.29, 1.82) is 0 Å². The number of carbonyl (C=O) groups excluding carboxylic acids is 3. The van der Waals surface area contributed by atoms with Gasteiger partial charge in [-0.25, -0.2) is 0 Å². The van der Waals surface area contributed by atoms with Crippen LogP contribution in [0, 0.1) is 0 Å². The average molecular weight is 492 g/mol. The van der Waals surface area contributed by atoms with Crippen molar-refractivity contribution in [3.63, 3.8) is 0 Å². The molecule has 5 N–H and O–H groups in total. The van der Waals surface area contributed by atoms with Crippen LogP contribution in [0.2, 0.25) is 5.02 Å². The molecule has 2 heterocycles. The van der Waals surface area contributed by atoms with Crippen LogP contribution in [0.5, 0.6) is 0 Å². The molecule has 8 nitrogen and oxygen atoms in total. The Bertz CT molecular complexity index is 1140. The molecule has 0 saturated heterocycles. The lowest BCUT2D eigenvalue weighted by Gasteiger charge is -2.32. The van der Waals surface area contributed by atoms with Gasteiger partial charge in [0.1, 0.15) is 4.88 Å². The van der Waals surface area contributed by atoms with Crippen LogP contribution >= 0.6 is 34.5 Å². The fraction of sp³-hybridized carbons (Fsp3) is 0.238. The molecule has 0 aliphatic rings. The summed E-state index contributed by atoms with van der Waals surface area (Å²) in [6.45, 7) is 5.56. The van der Waals surface area contributed by atoms with Gasteiger partial charge in [-0.05, 0) is 68.0 Å². The van der Waals surface area contributed by atoms with Gasteiger partial charge in [-0.2, -0.15) is 4.37 Å². The van der Waals surface area contributed by atoms with E-state index in [9.17, 15) is 14.4 Å². The van der Waals surface area contributed by atoms with Crippen LogP contribution in [-0.4, -0.2) is 27.6 Å². The van der Waals surface area contributed by atoms with Crippen molar-refractivity contribution >= 4 is 63.6 Å². The SMILES string of the molecule is CC(C)(C)NC(=O)C(c1cccs1)N(C(=O)c1snc(C(N)=O)c1N)c1ccc(Cl)cc1. The van der Waals surface area contributed by atoms with E-state index in [0.29, 0.717) is 15.6 Å². The van der Waals surface area contributed by atoms with Gasteiger partial charge in [0.15, 0.2) is 11.7 Å². The number of thiophene rings is 1. The van der Waals surface area contributed by atoms with Gasteiger partial charge in [0.05, 0.1) is 5.69 Å². The van der Waals surface area contributed by atoms with Crippen molar-refractivity contribution in [1.82, 2.24) is 9.69 Å². The van der Waals surface area contributed by atoms with Crippen molar-refractivity contribution in [3.8, 4) is 0 Å². The van der Waals surface area contributed by atoms with E-state index in [1.165, 1.54) is 16.2 Å². The quantitative estimate of drug-likeness (QED) is 0.482. The third-order valence-corrected chi connectivity index (χ3v) is 6.32. The minimum absolute atomic E-state index is 0.0128. The highest BCUT2D eigenvalue weighted by Gasteiger charge is 2.37. The van der Waals surface area contributed by atoms with Crippen molar-refractivity contribution in [3.05, 3.63) is 62.2 Å². The van der Waals surface area contributed by atoms with Crippen LogP contribution in [-0.2, 0) is 4.79 Å². The average Bonchev–Trinajstić information content (AvgIpc) is 3.34. The first-order valence-corrected chi connectivity index (χ1v) is 11.5. The highest BCUT2D eigenvalue weighted by atomic mass is 35.5. The van der Waals surface area contributed by atoms with Crippen molar-refractivity contribution in [2.75, 3.05) is 10.6 Å². The predicted octanol–water partition coefficient (Wildman–Crippen LogP) is 3.84. The Balaban J connectivity index is 2.18. The number of nitrogens with two attached hydrogens (primary N) is 2. The molecule has 0 bridgehead atoms. The summed E-state index contributed by atoms with van der Waals surface area (Å²) in [7, 11) is 0. The summed E-state index contributed by atoms with van der Waals surface area (Å²) in [5.74, 6) is -1.80. The molecular weight excluding hydrogens is 470 g/mol. The molecule has 0 spiro atoms. The second kappa shape index (κ2) is 9.27. The molecule has 3 aromatic rings. The van der Waals surface area contributed by atoms with E-state index < -0.39 is 23.4 Å². The standard InChI is InChI=1S/C21H22ClN5O3S2/c1-21(2,3)25-19(29)16(13-5-4-10-31-13)27(12-8-6-11(22)7-9-12)20(30)17-14(23)15(18(24)28)26-32-17/h4-10,16H,23H2,1-3H3,(H2,24,28)(H,25,29). The molecule has 1 aromatic carbocycles. The van der Waals surface area contributed by atoms with Gasteiger partial charge < -0.3 is 16.8 Å². The second-order valence-corrected chi connectivity index (χ2v) is 10.1. The molecule has 0 saturated carbocycles. The number of nitrogen functional groups attached to an aromatic ring is 1. The number of hydrogen-bond acceptors (Lipinski definition) is 7. The first kappa shape index (κ1) is 23.7. The predicted molar refractivity (Wildman–Crippen MR) is 128 cm³/mol. The number of carbonyl (C=O) groups is 3. The van der Waals surface area contributed by atoms with Crippen molar-refractivity contribution < 1.29 is 14.4 Å². The Hall–Kier alpha value is -2.95. The molecule has 0 aliphatic heterocycles. The lowest BCUT2D eigenvalue weighted by molar-refractivity contribution is -0.123. The molecular formula is C21H22ClN5O3S2. The maximum atomic E-state index is 13.7. The number of aromatic nitrogens is 1. The van der Waals surface area contributed by atoms with Crippen LogP contribution in [0.4, 0.5) is 11.4 Å². The molecule has 0 radical (unpaired) electrons. The Morgan fingerprint density at radius 2 is 1.81 bits per heavy atom. The number of nitrogens with one attached hydrogen (secondary N) is 1. The van der Waals surface area contributed by atoms with E-state index in [0.717, 1.165) is 11.5 Å². The largest absolute Gasteiger partial charge is 0.395 e. The van der Waals surface area contributed by atoms with Gasteiger partial charge in [0.2, 0.25) is 5.91 Å². The van der Waals surface area contributed by atoms with Gasteiger partial charge in [-0.1, -0.05) is 17.7 Å². The topological polar surface area (TPSA) is 131 Å². The Kier molecular flexibility index (Phi) is 6.87. The Morgan fingerprint density at radius 3 is 2.31 bits per heavy atom. The van der Waals surface area contributed by atoms with Gasteiger partial charge >= 0.3 is 0 Å². The molecule has 0 aliphatic carbocycles. The maximum absolute atomic E-state index is 13.7. The first-order chi connectivity index (χ1) is 15.0. The van der Waals surface area contributed by atoms with E-state index in [4.69, 9.17) is 23.1 Å². The van der Waals surface area contributed by atoms with E-state index >= 15 is 0 Å². The summed E-state index contributed by atoms with van der Waals surface area (Å²) in [5, 5.41) is 5.24. The molecule has 1 unspecified atom stereocenters. The molecule has 168 valence electrons. The summed E-state index contributed by atoms with van der Waals surface area (Å²) < 4.78 is 3.93. The zero-order valence-corrected chi connectivity index (χ0v) is 20.0. The lowest BCUT2D eigenvalue weighted by Crippen LogP contribution is -2.49. The van der Waals surface area contributed by atoms with Crippen molar-refractivity contribution in [2.24, 2.45) is 5.73 Å². The fourth-order valence-corrected chi connectivity index (χ4v) is 4.66. The number of nitrogens with zero attached hydrogens (tertiary/aromatic N) is 2. The number of hydrogen-bond donors (Lipinski definition) is 3. The third kappa shape index (κ3) is 5.09. The maximum Gasteiger partial charge on any atom is 0.273 e. The summed E-state index contributed by atoms with van der Waals surface area (Å²) in [4.78, 5) is 40.8. The molecule has 3 rings (SSSR count). The highest BCUT2D eigenvalue weighted by Crippen LogP contribution is 2.35. The van der Waals surface area contributed by atoms with E-state index in [1.54, 1.807) is 36.4 Å². The monoisotopic (exact) mass is 491 g/mol. The Morgan fingerprint density at radius 1 is 1.16 bits per heavy atom. The van der Waals surface area contributed by atoms with Crippen LogP contribution in [0.3, 0.4) is 0 Å². The number of halogens is 1. The summed E-state index contributed by atoms with van der Waals surface area (Å²) in [5.41, 5.74) is 10.9. The van der Waals surface area contributed by atoms with E-state index in [-0.39, 0.29) is 22.2 Å². The molecule has 3 amide bonds. The fourth-order valence-electron chi connectivity index (χ4n) is 2.98. The van der Waals surface area contributed by atoms with Gasteiger partial charge in [0.25, 0.3) is 11.8 Å².